The van der Waals surface area contributed by atoms with Gasteiger partial charge in [0.1, 0.15) is 18.1 Å². The molecule has 0 radical (unpaired) electrons. The number of nitrogens with one attached hydrogen (secondary N) is 1. The molecule has 8 nitrogen and oxygen atoms in total. The molecule has 1 amide bonds. The lowest BCUT2D eigenvalue weighted by atomic mass is 10.1. The average Bonchev–Trinajstić information content (AvgIpc) is 3.36. The van der Waals surface area contributed by atoms with Gasteiger partial charge in [-0.3, -0.25) is 10.2 Å². The van der Waals surface area contributed by atoms with Crippen molar-refractivity contribution in [2.45, 2.75) is 13.5 Å². The van der Waals surface area contributed by atoms with Crippen molar-refractivity contribution in [1.82, 2.24) is 5.06 Å². The zero-order chi connectivity index (χ0) is 21.5. The van der Waals surface area contributed by atoms with Crippen LogP contribution in [-0.4, -0.2) is 29.4 Å². The second kappa shape index (κ2) is 7.48. The smallest absolute Gasteiger partial charge is 0.282 e. The second-order valence-electron chi connectivity index (χ2n) is 6.99. The molecule has 0 saturated heterocycles. The Morgan fingerprint density at radius 3 is 2.90 bits per heavy atom. The van der Waals surface area contributed by atoms with Crippen LogP contribution in [0.15, 0.2) is 58.8 Å². The number of hydroxylamine groups is 2. The molecule has 0 fully saturated rings. The minimum Gasteiger partial charge on any atom is -0.487 e. The molecule has 156 valence electrons. The number of ether oxygens (including phenoxy) is 3. The van der Waals surface area contributed by atoms with E-state index in [-0.39, 0.29) is 18.2 Å². The van der Waals surface area contributed by atoms with Crippen molar-refractivity contribution in [3.05, 3.63) is 70.0 Å². The van der Waals surface area contributed by atoms with Crippen LogP contribution >= 0.6 is 11.6 Å². The van der Waals surface area contributed by atoms with E-state index < -0.39 is 5.91 Å². The van der Waals surface area contributed by atoms with Crippen LogP contribution in [0, 0.1) is 5.41 Å². The molecule has 2 aromatic rings. The quantitative estimate of drug-likeness (QED) is 0.724. The molecule has 0 aliphatic carbocycles. The largest absolute Gasteiger partial charge is 0.487 e. The van der Waals surface area contributed by atoms with Crippen molar-refractivity contribution in [2.75, 3.05) is 6.79 Å². The topological polar surface area (TPSA) is 93.4 Å². The van der Waals surface area contributed by atoms with Crippen molar-refractivity contribution in [2.24, 2.45) is 4.99 Å². The van der Waals surface area contributed by atoms with Crippen LogP contribution < -0.4 is 14.2 Å². The number of benzene rings is 2. The molecule has 0 saturated carbocycles. The Kier molecular flexibility index (Phi) is 4.63. The van der Waals surface area contributed by atoms with E-state index in [9.17, 15) is 4.79 Å². The zero-order valence-electron chi connectivity index (χ0n) is 16.3. The number of nitrogens with zero attached hydrogens (tertiary/aromatic N) is 2. The van der Waals surface area contributed by atoms with Gasteiger partial charge in [-0.15, -0.1) is 5.06 Å². The number of amidine groups is 2. The number of hydrogen-bond donors (Lipinski definition) is 1. The predicted octanol–water partition coefficient (Wildman–Crippen LogP) is 4.10. The fourth-order valence-electron chi connectivity index (χ4n) is 3.28. The van der Waals surface area contributed by atoms with Gasteiger partial charge >= 0.3 is 0 Å². The van der Waals surface area contributed by atoms with Crippen LogP contribution in [0.2, 0.25) is 5.02 Å². The Labute approximate surface area is 182 Å². The van der Waals surface area contributed by atoms with Crippen LogP contribution in [0.25, 0.3) is 6.08 Å². The molecule has 0 atom stereocenters. The van der Waals surface area contributed by atoms with Crippen molar-refractivity contribution in [1.29, 1.82) is 5.41 Å². The molecule has 0 aromatic heterocycles. The first-order chi connectivity index (χ1) is 15.0. The maximum Gasteiger partial charge on any atom is 0.282 e. The molecule has 3 aliphatic rings. The van der Waals surface area contributed by atoms with E-state index in [1.165, 1.54) is 5.06 Å². The minimum atomic E-state index is -0.509. The summed E-state index contributed by atoms with van der Waals surface area (Å²) in [7, 11) is 0. The van der Waals surface area contributed by atoms with Gasteiger partial charge in [0.15, 0.2) is 23.2 Å². The monoisotopic (exact) mass is 437 g/mol. The summed E-state index contributed by atoms with van der Waals surface area (Å²) >= 11 is 6.38. The van der Waals surface area contributed by atoms with Gasteiger partial charge < -0.3 is 19.0 Å². The maximum absolute atomic E-state index is 12.4. The third-order valence-electron chi connectivity index (χ3n) is 4.78. The van der Waals surface area contributed by atoms with Crippen molar-refractivity contribution >= 4 is 35.3 Å². The number of rotatable bonds is 4. The predicted molar refractivity (Wildman–Crippen MR) is 113 cm³/mol. The number of carbonyl (C=O) groups excluding carboxylic acids is 1. The van der Waals surface area contributed by atoms with Gasteiger partial charge in [-0.25, -0.2) is 0 Å². The summed E-state index contributed by atoms with van der Waals surface area (Å²) < 4.78 is 16.5. The lowest BCUT2D eigenvalue weighted by molar-refractivity contribution is -0.114. The van der Waals surface area contributed by atoms with E-state index in [4.69, 9.17) is 36.1 Å². The van der Waals surface area contributed by atoms with Gasteiger partial charge in [0.25, 0.3) is 5.91 Å². The highest BCUT2D eigenvalue weighted by atomic mass is 35.5. The van der Waals surface area contributed by atoms with Crippen LogP contribution in [-0.2, 0) is 16.2 Å². The highest BCUT2D eigenvalue weighted by Gasteiger charge is 2.34. The highest BCUT2D eigenvalue weighted by Crippen LogP contribution is 2.33. The lowest BCUT2D eigenvalue weighted by Crippen LogP contribution is -2.38. The second-order valence-corrected chi connectivity index (χ2v) is 7.40. The Morgan fingerprint density at radius 1 is 1.23 bits per heavy atom. The van der Waals surface area contributed by atoms with Gasteiger partial charge in [-0.2, -0.15) is 4.99 Å². The first kappa shape index (κ1) is 19.2. The normalized spacial score (nSPS) is 18.0. The van der Waals surface area contributed by atoms with Crippen LogP contribution in [0.4, 0.5) is 0 Å². The Balaban J connectivity index is 1.32. The van der Waals surface area contributed by atoms with Gasteiger partial charge in [0.05, 0.1) is 10.6 Å². The van der Waals surface area contributed by atoms with E-state index in [2.05, 4.69) is 4.99 Å². The molecule has 3 heterocycles. The number of halogens is 1. The molecular formula is C22H16ClN3O5. The zero-order valence-corrected chi connectivity index (χ0v) is 17.1. The molecule has 3 aliphatic heterocycles. The van der Waals surface area contributed by atoms with Crippen LogP contribution in [0.3, 0.4) is 0 Å². The summed E-state index contributed by atoms with van der Waals surface area (Å²) in [6, 6.07) is 10.7. The number of allylic oxidation sites excluding steroid dienone is 1. The third kappa shape index (κ3) is 3.62. The van der Waals surface area contributed by atoms with Crippen molar-refractivity contribution < 1.29 is 23.8 Å². The van der Waals surface area contributed by atoms with Gasteiger partial charge in [0, 0.05) is 6.08 Å². The molecule has 9 heteroatoms. The molecule has 2 aromatic carbocycles. The summed E-state index contributed by atoms with van der Waals surface area (Å²) in [6.45, 7) is 2.25. The minimum absolute atomic E-state index is 0.0812. The first-order valence-corrected chi connectivity index (χ1v) is 9.76. The fraction of sp³-hybridized carbons (Fsp3) is 0.136. The molecule has 31 heavy (non-hydrogen) atoms. The van der Waals surface area contributed by atoms with E-state index in [1.807, 2.05) is 18.2 Å². The molecule has 1 N–H and O–H groups in total. The van der Waals surface area contributed by atoms with Crippen LogP contribution in [0.1, 0.15) is 18.1 Å². The molecule has 0 bridgehead atoms. The maximum atomic E-state index is 12.4. The summed E-state index contributed by atoms with van der Waals surface area (Å²) in [6.07, 6.45) is 3.15. The number of fused-ring (bicyclic) bond motifs is 2. The van der Waals surface area contributed by atoms with E-state index >= 15 is 0 Å². The van der Waals surface area contributed by atoms with Gasteiger partial charge in [-0.05, 0) is 48.4 Å². The SMILES string of the molecule is CC1=CC2=NC(=O)/C(=C/c3ccc(OCc4ccc5c(c4)OCO5)c(Cl)c3)C(=N)N2O1. The van der Waals surface area contributed by atoms with E-state index in [0.29, 0.717) is 46.0 Å². The standard InChI is InChI=1S/C22H16ClN3O5/c1-12-6-20-25-22(27)15(21(24)26(20)31-12)7-13-2-4-17(16(23)8-13)28-10-14-3-5-18-19(9-14)30-11-29-18/h2-9,24H,10-11H2,1H3/b15-7+,24-21?. The van der Waals surface area contributed by atoms with Crippen molar-refractivity contribution in [3.8, 4) is 17.2 Å². The third-order valence-corrected chi connectivity index (χ3v) is 5.07. The highest BCUT2D eigenvalue weighted by molar-refractivity contribution is 6.33. The van der Waals surface area contributed by atoms with Gasteiger partial charge in [-0.1, -0.05) is 23.7 Å². The number of aliphatic imine (C=N–C) groups is 1. The first-order valence-electron chi connectivity index (χ1n) is 9.39. The Hall–Kier alpha value is -3.78. The lowest BCUT2D eigenvalue weighted by Gasteiger charge is -2.23. The van der Waals surface area contributed by atoms with E-state index in [1.54, 1.807) is 37.3 Å². The molecule has 0 spiro atoms. The molecular weight excluding hydrogens is 422 g/mol. The van der Waals surface area contributed by atoms with Gasteiger partial charge in [0.2, 0.25) is 6.79 Å². The number of hydrogen-bond acceptors (Lipinski definition) is 6. The summed E-state index contributed by atoms with van der Waals surface area (Å²) in [4.78, 5) is 21.8. The Bertz CT molecular complexity index is 1220. The summed E-state index contributed by atoms with van der Waals surface area (Å²) in [5, 5.41) is 9.87. The van der Waals surface area contributed by atoms with E-state index in [0.717, 1.165) is 5.56 Å². The van der Waals surface area contributed by atoms with Crippen LogP contribution in [0.5, 0.6) is 17.2 Å². The number of carbonyl (C=O) groups is 1. The fourth-order valence-corrected chi connectivity index (χ4v) is 3.53. The van der Waals surface area contributed by atoms with Crippen molar-refractivity contribution in [3.63, 3.8) is 0 Å². The molecule has 0 unspecified atom stereocenters. The summed E-state index contributed by atoms with van der Waals surface area (Å²) in [5.41, 5.74) is 1.66. The Morgan fingerprint density at radius 2 is 2.06 bits per heavy atom. The summed E-state index contributed by atoms with van der Waals surface area (Å²) in [5.74, 6) is 2.16. The average molecular weight is 438 g/mol. The number of amides is 1. The molecule has 5 rings (SSSR count).